The summed E-state index contributed by atoms with van der Waals surface area (Å²) in [6.45, 7) is 3.48. The van der Waals surface area contributed by atoms with Crippen LogP contribution in [0.1, 0.15) is 11.1 Å². The summed E-state index contributed by atoms with van der Waals surface area (Å²) in [6.07, 6.45) is 1.54. The van der Waals surface area contributed by atoms with Crippen molar-refractivity contribution in [2.45, 2.75) is 18.7 Å². The van der Waals surface area contributed by atoms with Crippen LogP contribution in [0.15, 0.2) is 28.6 Å². The molecule has 96 valence electrons. The van der Waals surface area contributed by atoms with Crippen molar-refractivity contribution in [1.82, 2.24) is 4.98 Å². The number of aromatic nitrogens is 1. The molecule has 0 unspecified atom stereocenters. The molecule has 0 atom stereocenters. The topological polar surface area (TPSA) is 59.1 Å². The third kappa shape index (κ3) is 2.66. The van der Waals surface area contributed by atoms with Crippen LogP contribution in [0.4, 0.5) is 5.13 Å². The van der Waals surface area contributed by atoms with Gasteiger partial charge in [0.1, 0.15) is 0 Å². The van der Waals surface area contributed by atoms with Crippen molar-refractivity contribution in [1.29, 1.82) is 0 Å². The largest absolute Gasteiger partial charge is 0.263 e. The van der Waals surface area contributed by atoms with Crippen molar-refractivity contribution in [2.24, 2.45) is 0 Å². The molecule has 4 nitrogen and oxygen atoms in total. The van der Waals surface area contributed by atoms with E-state index in [9.17, 15) is 8.42 Å². The molecule has 0 spiro atoms. The normalized spacial score (nSPS) is 11.5. The van der Waals surface area contributed by atoms with Crippen molar-refractivity contribution in [3.05, 3.63) is 39.9 Å². The lowest BCUT2D eigenvalue weighted by molar-refractivity contribution is 0.600. The van der Waals surface area contributed by atoms with E-state index in [1.165, 1.54) is 11.3 Å². The number of hydrogen-bond donors (Lipinski definition) is 1. The average molecular weight is 303 g/mol. The first-order valence-corrected chi connectivity index (χ1v) is 7.83. The Kier molecular flexibility index (Phi) is 3.61. The number of aryl methyl sites for hydroxylation is 2. The highest BCUT2D eigenvalue weighted by atomic mass is 35.5. The van der Waals surface area contributed by atoms with Crippen LogP contribution in [-0.4, -0.2) is 13.4 Å². The number of benzene rings is 1. The summed E-state index contributed by atoms with van der Waals surface area (Å²) in [5.74, 6) is 0. The molecule has 0 fully saturated rings. The predicted molar refractivity (Wildman–Crippen MR) is 73.8 cm³/mol. The summed E-state index contributed by atoms with van der Waals surface area (Å²) in [5, 5.41) is 2.61. The Balaban J connectivity index is 2.44. The molecule has 1 N–H and O–H groups in total. The quantitative estimate of drug-likeness (QED) is 0.947. The highest BCUT2D eigenvalue weighted by Crippen LogP contribution is 2.25. The maximum atomic E-state index is 12.2. The van der Waals surface area contributed by atoms with E-state index in [4.69, 9.17) is 11.6 Å². The molecule has 0 radical (unpaired) electrons. The zero-order valence-corrected chi connectivity index (χ0v) is 12.2. The lowest BCUT2D eigenvalue weighted by Crippen LogP contribution is -2.14. The minimum Gasteiger partial charge on any atom is -0.255 e. The second kappa shape index (κ2) is 4.87. The lowest BCUT2D eigenvalue weighted by Gasteiger charge is -2.10. The van der Waals surface area contributed by atoms with Gasteiger partial charge in [0, 0.05) is 16.6 Å². The Hall–Kier alpha value is -1.11. The molecule has 0 aliphatic rings. The van der Waals surface area contributed by atoms with Crippen LogP contribution < -0.4 is 4.72 Å². The van der Waals surface area contributed by atoms with Gasteiger partial charge in [-0.3, -0.25) is 4.72 Å². The Labute approximate surface area is 115 Å². The number of thiazole rings is 1. The smallest absolute Gasteiger partial charge is 0.255 e. The maximum absolute atomic E-state index is 12.2. The molecule has 18 heavy (non-hydrogen) atoms. The van der Waals surface area contributed by atoms with Crippen LogP contribution >= 0.6 is 22.9 Å². The van der Waals surface area contributed by atoms with Gasteiger partial charge in [0.15, 0.2) is 5.13 Å². The summed E-state index contributed by atoms with van der Waals surface area (Å²) < 4.78 is 26.8. The molecule has 1 aromatic carbocycles. The summed E-state index contributed by atoms with van der Waals surface area (Å²) in [5.41, 5.74) is 1.33. The van der Waals surface area contributed by atoms with E-state index in [0.717, 1.165) is 5.56 Å². The second-order valence-electron chi connectivity index (χ2n) is 3.81. The number of sulfonamides is 1. The van der Waals surface area contributed by atoms with Gasteiger partial charge >= 0.3 is 0 Å². The highest BCUT2D eigenvalue weighted by molar-refractivity contribution is 7.93. The standard InChI is InChI=1S/C11H11ClN2O2S2/c1-7-6-10(8(2)5-9(7)12)18(15,16)14-11-13-3-4-17-11/h3-6H,1-2H3,(H,13,14). The van der Waals surface area contributed by atoms with Crippen molar-refractivity contribution >= 4 is 38.1 Å². The first-order chi connectivity index (χ1) is 8.40. The average Bonchev–Trinajstić information content (AvgIpc) is 2.75. The van der Waals surface area contributed by atoms with E-state index < -0.39 is 10.0 Å². The first-order valence-electron chi connectivity index (χ1n) is 5.09. The van der Waals surface area contributed by atoms with E-state index in [-0.39, 0.29) is 4.90 Å². The zero-order valence-electron chi connectivity index (χ0n) is 9.77. The van der Waals surface area contributed by atoms with Crippen LogP contribution in [0.5, 0.6) is 0 Å². The zero-order chi connectivity index (χ0) is 13.3. The Morgan fingerprint density at radius 2 is 2.00 bits per heavy atom. The SMILES string of the molecule is Cc1cc(S(=O)(=O)Nc2nccs2)c(C)cc1Cl. The molecular weight excluding hydrogens is 292 g/mol. The predicted octanol–water partition coefficient (Wildman–Crippen LogP) is 3.21. The van der Waals surface area contributed by atoms with E-state index in [1.54, 1.807) is 37.6 Å². The number of hydrogen-bond acceptors (Lipinski definition) is 4. The van der Waals surface area contributed by atoms with Crippen molar-refractivity contribution in [3.8, 4) is 0 Å². The number of halogens is 1. The van der Waals surface area contributed by atoms with Crippen LogP contribution in [0, 0.1) is 13.8 Å². The number of anilines is 1. The van der Waals surface area contributed by atoms with Crippen molar-refractivity contribution < 1.29 is 8.42 Å². The van der Waals surface area contributed by atoms with Crippen LogP contribution in [0.3, 0.4) is 0 Å². The summed E-state index contributed by atoms with van der Waals surface area (Å²) >= 11 is 7.18. The molecule has 1 aromatic heterocycles. The minimum atomic E-state index is -3.61. The molecule has 0 bridgehead atoms. The third-order valence-electron chi connectivity index (χ3n) is 2.40. The Morgan fingerprint density at radius 1 is 1.28 bits per heavy atom. The molecule has 0 aliphatic heterocycles. The van der Waals surface area contributed by atoms with Gasteiger partial charge in [-0.1, -0.05) is 11.6 Å². The fourth-order valence-electron chi connectivity index (χ4n) is 1.49. The van der Waals surface area contributed by atoms with Crippen LogP contribution in [0.2, 0.25) is 5.02 Å². The van der Waals surface area contributed by atoms with E-state index in [0.29, 0.717) is 15.7 Å². The summed E-state index contributed by atoms with van der Waals surface area (Å²) in [7, 11) is -3.61. The van der Waals surface area contributed by atoms with Gasteiger partial charge in [-0.05, 0) is 37.1 Å². The fraction of sp³-hybridized carbons (Fsp3) is 0.182. The number of rotatable bonds is 3. The van der Waals surface area contributed by atoms with E-state index in [1.807, 2.05) is 0 Å². The molecular formula is C11H11ClN2O2S2. The van der Waals surface area contributed by atoms with E-state index >= 15 is 0 Å². The van der Waals surface area contributed by atoms with Gasteiger partial charge in [-0.2, -0.15) is 0 Å². The minimum absolute atomic E-state index is 0.222. The maximum Gasteiger partial charge on any atom is 0.263 e. The summed E-state index contributed by atoms with van der Waals surface area (Å²) in [6, 6.07) is 3.21. The fourth-order valence-corrected chi connectivity index (χ4v) is 3.81. The van der Waals surface area contributed by atoms with Gasteiger partial charge in [-0.15, -0.1) is 11.3 Å². The number of nitrogens with zero attached hydrogens (tertiary/aromatic N) is 1. The monoisotopic (exact) mass is 302 g/mol. The molecule has 0 saturated heterocycles. The second-order valence-corrected chi connectivity index (χ2v) is 6.76. The van der Waals surface area contributed by atoms with Gasteiger partial charge in [-0.25, -0.2) is 13.4 Å². The molecule has 2 aromatic rings. The molecule has 7 heteroatoms. The van der Waals surface area contributed by atoms with Crippen LogP contribution in [-0.2, 0) is 10.0 Å². The van der Waals surface area contributed by atoms with Gasteiger partial charge in [0.05, 0.1) is 4.90 Å². The Morgan fingerprint density at radius 3 is 2.61 bits per heavy atom. The number of nitrogens with one attached hydrogen (secondary N) is 1. The molecule has 0 amide bonds. The van der Waals surface area contributed by atoms with Gasteiger partial charge in [0.25, 0.3) is 10.0 Å². The van der Waals surface area contributed by atoms with Crippen molar-refractivity contribution in [2.75, 3.05) is 4.72 Å². The Bertz CT molecular complexity index is 667. The van der Waals surface area contributed by atoms with Crippen LogP contribution in [0.25, 0.3) is 0 Å². The van der Waals surface area contributed by atoms with E-state index in [2.05, 4.69) is 9.71 Å². The molecule has 1 heterocycles. The van der Waals surface area contributed by atoms with Gasteiger partial charge < -0.3 is 0 Å². The highest BCUT2D eigenvalue weighted by Gasteiger charge is 2.19. The van der Waals surface area contributed by atoms with Gasteiger partial charge in [0.2, 0.25) is 0 Å². The molecule has 0 aliphatic carbocycles. The van der Waals surface area contributed by atoms with Crippen molar-refractivity contribution in [3.63, 3.8) is 0 Å². The summed E-state index contributed by atoms with van der Waals surface area (Å²) in [4.78, 5) is 4.12. The lowest BCUT2D eigenvalue weighted by atomic mass is 10.2. The molecule has 0 saturated carbocycles. The third-order valence-corrected chi connectivity index (χ3v) is 5.11. The first kappa shape index (κ1) is 13.3. The molecule has 2 rings (SSSR count).